The number of carbonyl (C=O) groups excluding carboxylic acids is 1. The van der Waals surface area contributed by atoms with E-state index < -0.39 is 0 Å². The first kappa shape index (κ1) is 16.6. The summed E-state index contributed by atoms with van der Waals surface area (Å²) in [5, 5.41) is 0. The van der Waals surface area contributed by atoms with Crippen molar-refractivity contribution >= 4 is 5.91 Å². The van der Waals surface area contributed by atoms with E-state index in [4.69, 9.17) is 14.2 Å². The van der Waals surface area contributed by atoms with Gasteiger partial charge in [0.25, 0.3) is 5.91 Å². The quantitative estimate of drug-likeness (QED) is 0.709. The van der Waals surface area contributed by atoms with Crippen molar-refractivity contribution in [1.82, 2.24) is 4.57 Å². The fourth-order valence-electron chi connectivity index (χ4n) is 2.68. The van der Waals surface area contributed by atoms with E-state index in [1.54, 1.807) is 29.1 Å². The van der Waals surface area contributed by atoms with E-state index in [9.17, 15) is 4.79 Å². The fourth-order valence-corrected chi connectivity index (χ4v) is 2.68. The second kappa shape index (κ2) is 7.13. The maximum absolute atomic E-state index is 12.8. The summed E-state index contributed by atoms with van der Waals surface area (Å²) in [6, 6.07) is 15.1. The maximum Gasteiger partial charge on any atom is 0.262 e. The Kier molecular flexibility index (Phi) is 4.75. The van der Waals surface area contributed by atoms with Gasteiger partial charge >= 0.3 is 0 Å². The molecule has 25 heavy (non-hydrogen) atoms. The first-order valence-electron chi connectivity index (χ1n) is 7.76. The van der Waals surface area contributed by atoms with E-state index in [0.717, 1.165) is 11.1 Å². The minimum Gasteiger partial charge on any atom is -0.493 e. The van der Waals surface area contributed by atoms with Crippen molar-refractivity contribution in [2.45, 2.75) is 0 Å². The molecule has 3 rings (SSSR count). The van der Waals surface area contributed by atoms with Crippen LogP contribution in [0.3, 0.4) is 0 Å². The van der Waals surface area contributed by atoms with Gasteiger partial charge in [0.2, 0.25) is 5.75 Å². The van der Waals surface area contributed by atoms with Crippen LogP contribution in [0.2, 0.25) is 0 Å². The van der Waals surface area contributed by atoms with E-state index in [-0.39, 0.29) is 5.91 Å². The van der Waals surface area contributed by atoms with Crippen molar-refractivity contribution in [2.24, 2.45) is 0 Å². The van der Waals surface area contributed by atoms with Crippen LogP contribution in [0.4, 0.5) is 0 Å². The largest absolute Gasteiger partial charge is 0.493 e. The first-order chi connectivity index (χ1) is 12.2. The number of methoxy groups -OCH3 is 3. The number of rotatable bonds is 5. The summed E-state index contributed by atoms with van der Waals surface area (Å²) in [6.45, 7) is 0. The zero-order valence-corrected chi connectivity index (χ0v) is 14.4. The molecule has 0 radical (unpaired) electrons. The van der Waals surface area contributed by atoms with Gasteiger partial charge in [-0.3, -0.25) is 9.36 Å². The summed E-state index contributed by atoms with van der Waals surface area (Å²) < 4.78 is 17.5. The van der Waals surface area contributed by atoms with Crippen molar-refractivity contribution in [2.75, 3.05) is 21.3 Å². The highest BCUT2D eigenvalue weighted by molar-refractivity contribution is 5.97. The molecule has 2 aromatic carbocycles. The molecule has 1 aromatic heterocycles. The van der Waals surface area contributed by atoms with Crippen LogP contribution in [0.1, 0.15) is 10.4 Å². The van der Waals surface area contributed by atoms with Gasteiger partial charge in [0.15, 0.2) is 11.5 Å². The Labute approximate surface area is 146 Å². The molecule has 0 unspecified atom stereocenters. The predicted molar refractivity (Wildman–Crippen MR) is 95.7 cm³/mol. The molecule has 0 saturated carbocycles. The number of ether oxygens (including phenoxy) is 3. The van der Waals surface area contributed by atoms with Crippen molar-refractivity contribution < 1.29 is 19.0 Å². The molecule has 0 bridgehead atoms. The van der Waals surface area contributed by atoms with E-state index in [2.05, 4.69) is 0 Å². The molecule has 0 atom stereocenters. The van der Waals surface area contributed by atoms with Gasteiger partial charge in [-0.15, -0.1) is 0 Å². The summed E-state index contributed by atoms with van der Waals surface area (Å²) in [6.07, 6.45) is 3.55. The molecule has 5 heteroatoms. The average Bonchev–Trinajstić information content (AvgIpc) is 3.17. The lowest BCUT2D eigenvalue weighted by atomic mass is 10.1. The highest BCUT2D eigenvalue weighted by Crippen LogP contribution is 2.38. The highest BCUT2D eigenvalue weighted by atomic mass is 16.5. The van der Waals surface area contributed by atoms with Gasteiger partial charge in [0, 0.05) is 18.0 Å². The molecule has 0 saturated heterocycles. The number of hydrogen-bond acceptors (Lipinski definition) is 4. The zero-order valence-electron chi connectivity index (χ0n) is 14.4. The number of benzene rings is 2. The third kappa shape index (κ3) is 3.21. The van der Waals surface area contributed by atoms with Gasteiger partial charge in [-0.25, -0.2) is 0 Å². The standard InChI is InChI=1S/C20H19NO4/c1-23-17-11-16(12-18(24-2)19(17)25-3)20(22)21-10-9-15(13-21)14-7-5-4-6-8-14/h4-13H,1-3H3. The van der Waals surface area contributed by atoms with Crippen LogP contribution in [0.5, 0.6) is 17.2 Å². The number of carbonyl (C=O) groups is 1. The van der Waals surface area contributed by atoms with Gasteiger partial charge in [-0.05, 0) is 29.3 Å². The molecule has 0 spiro atoms. The van der Waals surface area contributed by atoms with E-state index in [0.29, 0.717) is 22.8 Å². The minimum atomic E-state index is -0.179. The molecular weight excluding hydrogens is 318 g/mol. The van der Waals surface area contributed by atoms with Crippen LogP contribution in [0.15, 0.2) is 60.9 Å². The van der Waals surface area contributed by atoms with Gasteiger partial charge < -0.3 is 14.2 Å². The van der Waals surface area contributed by atoms with Gasteiger partial charge in [-0.2, -0.15) is 0 Å². The molecule has 128 valence electrons. The van der Waals surface area contributed by atoms with Gasteiger partial charge in [0.1, 0.15) is 0 Å². The monoisotopic (exact) mass is 337 g/mol. The van der Waals surface area contributed by atoms with Crippen LogP contribution in [0.25, 0.3) is 11.1 Å². The van der Waals surface area contributed by atoms with Crippen LogP contribution in [-0.2, 0) is 0 Å². The summed E-state index contributed by atoms with van der Waals surface area (Å²) in [4.78, 5) is 12.8. The topological polar surface area (TPSA) is 49.7 Å². The highest BCUT2D eigenvalue weighted by Gasteiger charge is 2.18. The summed E-state index contributed by atoms with van der Waals surface area (Å²) in [7, 11) is 4.57. The summed E-state index contributed by atoms with van der Waals surface area (Å²) in [5.74, 6) is 1.17. The number of nitrogens with zero attached hydrogens (tertiary/aromatic N) is 1. The molecule has 0 aliphatic heterocycles. The van der Waals surface area contributed by atoms with Crippen molar-refractivity contribution in [3.63, 3.8) is 0 Å². The molecule has 0 N–H and O–H groups in total. The third-order valence-corrected chi connectivity index (χ3v) is 3.95. The van der Waals surface area contributed by atoms with Crippen molar-refractivity contribution in [1.29, 1.82) is 0 Å². The lowest BCUT2D eigenvalue weighted by Crippen LogP contribution is -2.10. The second-order valence-corrected chi connectivity index (χ2v) is 5.39. The number of aromatic nitrogens is 1. The molecule has 0 aliphatic rings. The molecule has 0 amide bonds. The average molecular weight is 337 g/mol. The SMILES string of the molecule is COc1cc(C(=O)n2ccc(-c3ccccc3)c2)cc(OC)c1OC. The zero-order chi connectivity index (χ0) is 17.8. The Bertz CT molecular complexity index is 859. The van der Waals surface area contributed by atoms with E-state index >= 15 is 0 Å². The van der Waals surface area contributed by atoms with Crippen molar-refractivity contribution in [3.8, 4) is 28.4 Å². The lowest BCUT2D eigenvalue weighted by Gasteiger charge is -2.13. The van der Waals surface area contributed by atoms with Crippen LogP contribution >= 0.6 is 0 Å². The molecular formula is C20H19NO4. The van der Waals surface area contributed by atoms with Crippen LogP contribution in [-0.4, -0.2) is 31.8 Å². The fraction of sp³-hybridized carbons (Fsp3) is 0.150. The van der Waals surface area contributed by atoms with Crippen LogP contribution < -0.4 is 14.2 Å². The Hall–Kier alpha value is -3.21. The van der Waals surface area contributed by atoms with Crippen molar-refractivity contribution in [3.05, 3.63) is 66.5 Å². The molecule has 3 aromatic rings. The van der Waals surface area contributed by atoms with E-state index in [1.807, 2.05) is 36.4 Å². The Morgan fingerprint density at radius 3 is 2.04 bits per heavy atom. The predicted octanol–water partition coefficient (Wildman–Crippen LogP) is 3.87. The van der Waals surface area contributed by atoms with E-state index in [1.165, 1.54) is 21.3 Å². The third-order valence-electron chi connectivity index (χ3n) is 3.95. The smallest absolute Gasteiger partial charge is 0.262 e. The van der Waals surface area contributed by atoms with Gasteiger partial charge in [-0.1, -0.05) is 30.3 Å². The normalized spacial score (nSPS) is 10.4. The Morgan fingerprint density at radius 1 is 0.840 bits per heavy atom. The maximum atomic E-state index is 12.8. The van der Waals surface area contributed by atoms with Crippen LogP contribution in [0, 0.1) is 0 Å². The first-order valence-corrected chi connectivity index (χ1v) is 7.76. The number of hydrogen-bond donors (Lipinski definition) is 0. The second-order valence-electron chi connectivity index (χ2n) is 5.39. The summed E-state index contributed by atoms with van der Waals surface area (Å²) in [5.41, 5.74) is 2.48. The Balaban J connectivity index is 1.97. The lowest BCUT2D eigenvalue weighted by molar-refractivity contribution is 0.0959. The van der Waals surface area contributed by atoms with Gasteiger partial charge in [0.05, 0.1) is 21.3 Å². The molecule has 0 fully saturated rings. The summed E-state index contributed by atoms with van der Waals surface area (Å²) >= 11 is 0. The molecule has 5 nitrogen and oxygen atoms in total. The minimum absolute atomic E-state index is 0.179. The molecule has 1 heterocycles. The molecule has 0 aliphatic carbocycles. The Morgan fingerprint density at radius 2 is 1.48 bits per heavy atom.